The maximum absolute atomic E-state index is 12.9. The summed E-state index contributed by atoms with van der Waals surface area (Å²) in [5.41, 5.74) is 0.992. The van der Waals surface area contributed by atoms with Crippen molar-refractivity contribution in [3.8, 4) is 23.0 Å². The van der Waals surface area contributed by atoms with E-state index in [-0.39, 0.29) is 11.3 Å². The molecule has 0 spiro atoms. The van der Waals surface area contributed by atoms with Crippen LogP contribution in [0.5, 0.6) is 23.0 Å². The summed E-state index contributed by atoms with van der Waals surface area (Å²) < 4.78 is 17.6. The van der Waals surface area contributed by atoms with Crippen LogP contribution in [0.1, 0.15) is 24.2 Å². The van der Waals surface area contributed by atoms with Crippen LogP contribution in [-0.2, 0) is 0 Å². The second kappa shape index (κ2) is 7.87. The Balaban J connectivity index is 1.53. The number of carbonyl (C=O) groups excluding carboxylic acids is 1. The van der Waals surface area contributed by atoms with E-state index in [2.05, 4.69) is 19.2 Å². The van der Waals surface area contributed by atoms with Gasteiger partial charge in [-0.1, -0.05) is 44.2 Å². The lowest BCUT2D eigenvalue weighted by Gasteiger charge is -2.19. The van der Waals surface area contributed by atoms with E-state index in [0.717, 1.165) is 0 Å². The van der Waals surface area contributed by atoms with E-state index in [0.29, 0.717) is 47.5 Å². The minimum absolute atomic E-state index is 0.0881. The molecule has 0 bridgehead atoms. The van der Waals surface area contributed by atoms with Crippen molar-refractivity contribution in [1.29, 1.82) is 0 Å². The van der Waals surface area contributed by atoms with Crippen LogP contribution >= 0.6 is 0 Å². The number of hydrogen-bond donors (Lipinski definition) is 1. The van der Waals surface area contributed by atoms with Gasteiger partial charge in [0.05, 0.1) is 18.9 Å². The molecule has 29 heavy (non-hydrogen) atoms. The predicted molar refractivity (Wildman–Crippen MR) is 112 cm³/mol. The average Bonchev–Trinajstić information content (AvgIpc) is 2.88. The van der Waals surface area contributed by atoms with E-state index >= 15 is 0 Å². The molecule has 0 aromatic heterocycles. The van der Waals surface area contributed by atoms with Gasteiger partial charge in [-0.3, -0.25) is 4.79 Å². The standard InChI is InChI=1S/C24H23NO4/c1-24(2)15-27-21-13-12-17(14-22(21)28-16-24)23(26)25-19-10-6-7-11-20(19)29-18-8-4-3-5-9-18/h3-14H,15-16H2,1-2H3,(H,25,26). The van der Waals surface area contributed by atoms with Crippen molar-refractivity contribution in [3.63, 3.8) is 0 Å². The summed E-state index contributed by atoms with van der Waals surface area (Å²) in [6.07, 6.45) is 0. The Kier molecular flexibility index (Phi) is 5.12. The molecule has 0 aliphatic carbocycles. The normalized spacial score (nSPS) is 14.6. The number of ether oxygens (including phenoxy) is 3. The number of nitrogens with one attached hydrogen (secondary N) is 1. The molecular formula is C24H23NO4. The monoisotopic (exact) mass is 389 g/mol. The highest BCUT2D eigenvalue weighted by Crippen LogP contribution is 2.35. The Labute approximate surface area is 170 Å². The van der Waals surface area contributed by atoms with Gasteiger partial charge in [-0.05, 0) is 42.5 Å². The van der Waals surface area contributed by atoms with Gasteiger partial charge in [0.2, 0.25) is 0 Å². The molecule has 1 heterocycles. The van der Waals surface area contributed by atoms with E-state index in [1.165, 1.54) is 0 Å². The first-order chi connectivity index (χ1) is 14.0. The topological polar surface area (TPSA) is 56.8 Å². The summed E-state index contributed by atoms with van der Waals surface area (Å²) in [6.45, 7) is 5.25. The number of hydrogen-bond acceptors (Lipinski definition) is 4. The molecule has 5 heteroatoms. The van der Waals surface area contributed by atoms with Crippen molar-refractivity contribution in [3.05, 3.63) is 78.4 Å². The molecule has 3 aromatic rings. The van der Waals surface area contributed by atoms with Gasteiger partial charge >= 0.3 is 0 Å². The summed E-state index contributed by atoms with van der Waals surface area (Å²) in [4.78, 5) is 12.9. The molecule has 0 fully saturated rings. The Morgan fingerprint density at radius 2 is 1.59 bits per heavy atom. The van der Waals surface area contributed by atoms with Crippen LogP contribution in [0.25, 0.3) is 0 Å². The molecule has 0 radical (unpaired) electrons. The lowest BCUT2D eigenvalue weighted by Crippen LogP contribution is -2.26. The van der Waals surface area contributed by atoms with Crippen molar-refractivity contribution < 1.29 is 19.0 Å². The zero-order chi connectivity index (χ0) is 20.3. The van der Waals surface area contributed by atoms with Gasteiger partial charge in [-0.15, -0.1) is 0 Å². The fraction of sp³-hybridized carbons (Fsp3) is 0.208. The van der Waals surface area contributed by atoms with Crippen molar-refractivity contribution in [2.75, 3.05) is 18.5 Å². The van der Waals surface area contributed by atoms with Gasteiger partial charge in [-0.25, -0.2) is 0 Å². The minimum atomic E-state index is -0.246. The Morgan fingerprint density at radius 1 is 0.897 bits per heavy atom. The van der Waals surface area contributed by atoms with Crippen LogP contribution in [0.3, 0.4) is 0 Å². The Bertz CT molecular complexity index is 1010. The molecule has 1 aliphatic rings. The fourth-order valence-electron chi connectivity index (χ4n) is 2.94. The third-order valence-corrected chi connectivity index (χ3v) is 4.55. The first kappa shape index (κ1) is 18.9. The second-order valence-electron chi connectivity index (χ2n) is 7.77. The maximum atomic E-state index is 12.9. The van der Waals surface area contributed by atoms with Crippen molar-refractivity contribution in [2.24, 2.45) is 5.41 Å². The molecule has 0 saturated carbocycles. The minimum Gasteiger partial charge on any atom is -0.489 e. The van der Waals surface area contributed by atoms with Crippen LogP contribution < -0.4 is 19.5 Å². The highest BCUT2D eigenvalue weighted by Gasteiger charge is 2.25. The molecule has 3 aromatic carbocycles. The lowest BCUT2D eigenvalue weighted by molar-refractivity contribution is 0.102. The van der Waals surface area contributed by atoms with Crippen LogP contribution in [-0.4, -0.2) is 19.1 Å². The van der Waals surface area contributed by atoms with Crippen LogP contribution in [0.15, 0.2) is 72.8 Å². The number of benzene rings is 3. The van der Waals surface area contributed by atoms with Crippen molar-refractivity contribution in [1.82, 2.24) is 0 Å². The molecule has 1 N–H and O–H groups in total. The van der Waals surface area contributed by atoms with E-state index < -0.39 is 0 Å². The van der Waals surface area contributed by atoms with E-state index in [1.807, 2.05) is 54.6 Å². The SMILES string of the molecule is CC1(C)COc2ccc(C(=O)Nc3ccccc3Oc3ccccc3)cc2OC1. The average molecular weight is 389 g/mol. The largest absolute Gasteiger partial charge is 0.489 e. The number of anilines is 1. The molecule has 0 unspecified atom stereocenters. The van der Waals surface area contributed by atoms with Crippen LogP contribution in [0.4, 0.5) is 5.69 Å². The highest BCUT2D eigenvalue weighted by molar-refractivity contribution is 6.05. The summed E-state index contributed by atoms with van der Waals surface area (Å²) in [5.74, 6) is 2.26. The van der Waals surface area contributed by atoms with Gasteiger partial charge in [0.15, 0.2) is 17.2 Å². The first-order valence-corrected chi connectivity index (χ1v) is 9.53. The number of rotatable bonds is 4. The fourth-order valence-corrected chi connectivity index (χ4v) is 2.94. The number of carbonyl (C=O) groups is 1. The smallest absolute Gasteiger partial charge is 0.255 e. The second-order valence-corrected chi connectivity index (χ2v) is 7.77. The third kappa shape index (κ3) is 4.51. The quantitative estimate of drug-likeness (QED) is 0.637. The van der Waals surface area contributed by atoms with Crippen molar-refractivity contribution >= 4 is 11.6 Å². The van der Waals surface area contributed by atoms with E-state index in [1.54, 1.807) is 18.2 Å². The summed E-state index contributed by atoms with van der Waals surface area (Å²) in [5, 5.41) is 2.93. The van der Waals surface area contributed by atoms with E-state index in [9.17, 15) is 4.79 Å². The number of fused-ring (bicyclic) bond motifs is 1. The summed E-state index contributed by atoms with van der Waals surface area (Å²) >= 11 is 0. The zero-order valence-electron chi connectivity index (χ0n) is 16.5. The summed E-state index contributed by atoms with van der Waals surface area (Å²) in [7, 11) is 0. The maximum Gasteiger partial charge on any atom is 0.255 e. The lowest BCUT2D eigenvalue weighted by atomic mass is 9.97. The van der Waals surface area contributed by atoms with Crippen molar-refractivity contribution in [2.45, 2.75) is 13.8 Å². The van der Waals surface area contributed by atoms with E-state index in [4.69, 9.17) is 14.2 Å². The van der Waals surface area contributed by atoms with Crippen LogP contribution in [0, 0.1) is 5.41 Å². The van der Waals surface area contributed by atoms with Gasteiger partial charge in [0, 0.05) is 11.0 Å². The Hall–Kier alpha value is -3.47. The summed E-state index contributed by atoms with van der Waals surface area (Å²) in [6, 6.07) is 22.0. The molecule has 148 valence electrons. The van der Waals surface area contributed by atoms with Gasteiger partial charge < -0.3 is 19.5 Å². The van der Waals surface area contributed by atoms with Crippen LogP contribution in [0.2, 0.25) is 0 Å². The Morgan fingerprint density at radius 3 is 2.38 bits per heavy atom. The number of para-hydroxylation sites is 3. The van der Waals surface area contributed by atoms with Gasteiger partial charge in [-0.2, -0.15) is 0 Å². The molecule has 5 nitrogen and oxygen atoms in total. The molecule has 4 rings (SSSR count). The predicted octanol–water partition coefficient (Wildman–Crippen LogP) is 5.53. The molecule has 0 atom stereocenters. The zero-order valence-corrected chi connectivity index (χ0v) is 16.5. The molecular weight excluding hydrogens is 366 g/mol. The van der Waals surface area contributed by atoms with Gasteiger partial charge in [0.25, 0.3) is 5.91 Å². The molecule has 1 amide bonds. The molecule has 1 aliphatic heterocycles. The first-order valence-electron chi connectivity index (χ1n) is 9.53. The molecule has 0 saturated heterocycles. The third-order valence-electron chi connectivity index (χ3n) is 4.55. The number of amides is 1. The van der Waals surface area contributed by atoms with Gasteiger partial charge in [0.1, 0.15) is 5.75 Å². The highest BCUT2D eigenvalue weighted by atomic mass is 16.5.